The number of hydrogen-bond acceptors (Lipinski definition) is 1. The number of anilines is 3. The van der Waals surface area contributed by atoms with E-state index in [9.17, 15) is 0 Å². The molecule has 0 fully saturated rings. The smallest absolute Gasteiger partial charge is 0.0541 e. The SMILES string of the molecule is c1ccc(N(c2ccc(-c3ccc4c(c3)c3ccccc3n4-c3ccc4c5ccccc5c5ccccc5c4c3)cc2)c2cccc3ccccc23)cc1. The fourth-order valence-electron chi connectivity index (χ4n) is 8.68. The number of para-hydroxylation sites is 2. The van der Waals surface area contributed by atoms with Crippen LogP contribution in [-0.2, 0) is 0 Å². The highest BCUT2D eigenvalue weighted by atomic mass is 15.1. The first-order valence-electron chi connectivity index (χ1n) is 18.6. The molecule has 0 unspecified atom stereocenters. The zero-order valence-electron chi connectivity index (χ0n) is 29.5. The van der Waals surface area contributed by atoms with Gasteiger partial charge in [-0.05, 0) is 109 Å². The molecule has 252 valence electrons. The number of nitrogens with zero attached hydrogens (tertiary/aromatic N) is 2. The van der Waals surface area contributed by atoms with Crippen molar-refractivity contribution < 1.29 is 0 Å². The fraction of sp³-hybridized carbons (Fsp3) is 0. The minimum Gasteiger partial charge on any atom is -0.310 e. The lowest BCUT2D eigenvalue weighted by molar-refractivity contribution is 1.19. The number of benzene rings is 10. The van der Waals surface area contributed by atoms with Crippen LogP contribution in [0.5, 0.6) is 0 Å². The number of aromatic nitrogens is 1. The molecule has 0 atom stereocenters. The minimum atomic E-state index is 1.12. The average molecular weight is 687 g/mol. The fourth-order valence-corrected chi connectivity index (χ4v) is 8.68. The van der Waals surface area contributed by atoms with Gasteiger partial charge in [-0.1, -0.05) is 146 Å². The molecule has 0 spiro atoms. The second-order valence-electron chi connectivity index (χ2n) is 14.1. The van der Waals surface area contributed by atoms with Gasteiger partial charge >= 0.3 is 0 Å². The Morgan fingerprint density at radius 2 is 0.833 bits per heavy atom. The van der Waals surface area contributed by atoms with Crippen LogP contribution in [0.3, 0.4) is 0 Å². The summed E-state index contributed by atoms with van der Waals surface area (Å²) >= 11 is 0. The molecule has 0 aliphatic rings. The first-order chi connectivity index (χ1) is 26.8. The van der Waals surface area contributed by atoms with Crippen molar-refractivity contribution in [3.8, 4) is 16.8 Å². The number of rotatable bonds is 5. The minimum absolute atomic E-state index is 1.12. The Kier molecular flexibility index (Phi) is 6.90. The third kappa shape index (κ3) is 4.74. The van der Waals surface area contributed by atoms with Crippen molar-refractivity contribution >= 4 is 82.0 Å². The Hall–Kier alpha value is -7.16. The van der Waals surface area contributed by atoms with Crippen molar-refractivity contribution in [1.82, 2.24) is 4.57 Å². The largest absolute Gasteiger partial charge is 0.310 e. The lowest BCUT2D eigenvalue weighted by Gasteiger charge is -2.27. The van der Waals surface area contributed by atoms with Crippen LogP contribution in [0.25, 0.3) is 81.7 Å². The van der Waals surface area contributed by atoms with Crippen LogP contribution in [0.2, 0.25) is 0 Å². The van der Waals surface area contributed by atoms with Gasteiger partial charge in [0.15, 0.2) is 0 Å². The van der Waals surface area contributed by atoms with Crippen LogP contribution >= 0.6 is 0 Å². The molecular weight excluding hydrogens is 653 g/mol. The maximum atomic E-state index is 2.43. The monoisotopic (exact) mass is 686 g/mol. The summed E-state index contributed by atoms with van der Waals surface area (Å²) in [5.74, 6) is 0. The Balaban J connectivity index is 1.04. The number of hydrogen-bond donors (Lipinski definition) is 0. The molecule has 0 saturated heterocycles. The van der Waals surface area contributed by atoms with E-state index in [0.29, 0.717) is 0 Å². The molecule has 0 aliphatic heterocycles. The summed E-state index contributed by atoms with van der Waals surface area (Å²) in [7, 11) is 0. The Morgan fingerprint density at radius 1 is 0.296 bits per heavy atom. The molecule has 1 heterocycles. The van der Waals surface area contributed by atoms with Crippen molar-refractivity contribution in [2.24, 2.45) is 0 Å². The first-order valence-corrected chi connectivity index (χ1v) is 18.6. The van der Waals surface area contributed by atoms with E-state index in [-0.39, 0.29) is 0 Å². The quantitative estimate of drug-likeness (QED) is 0.164. The topological polar surface area (TPSA) is 8.17 Å². The second kappa shape index (κ2) is 12.2. The molecule has 0 radical (unpaired) electrons. The van der Waals surface area contributed by atoms with Gasteiger partial charge in [0, 0.05) is 33.2 Å². The summed E-state index contributed by atoms with van der Waals surface area (Å²) in [6, 6.07) is 75.2. The molecule has 2 nitrogen and oxygen atoms in total. The molecule has 0 N–H and O–H groups in total. The molecule has 0 amide bonds. The van der Waals surface area contributed by atoms with E-state index in [4.69, 9.17) is 0 Å². The highest BCUT2D eigenvalue weighted by Gasteiger charge is 2.17. The molecule has 0 saturated carbocycles. The number of fused-ring (bicyclic) bond motifs is 10. The Bertz CT molecular complexity index is 3170. The van der Waals surface area contributed by atoms with Crippen molar-refractivity contribution in [3.05, 3.63) is 206 Å². The molecule has 2 heteroatoms. The van der Waals surface area contributed by atoms with Gasteiger partial charge in [-0.25, -0.2) is 0 Å². The lowest BCUT2D eigenvalue weighted by Crippen LogP contribution is -2.10. The van der Waals surface area contributed by atoms with Gasteiger partial charge < -0.3 is 9.47 Å². The normalized spacial score (nSPS) is 11.7. The van der Waals surface area contributed by atoms with E-state index in [1.807, 2.05) is 0 Å². The van der Waals surface area contributed by atoms with Gasteiger partial charge in [-0.15, -0.1) is 0 Å². The van der Waals surface area contributed by atoms with E-state index >= 15 is 0 Å². The van der Waals surface area contributed by atoms with Crippen molar-refractivity contribution in [1.29, 1.82) is 0 Å². The lowest BCUT2D eigenvalue weighted by atomic mass is 9.94. The standard InChI is InChI=1S/C52H34N2/c1-2-15-38(16-3-1)53(50-24-12-14-36-13-4-5-17-41(36)50)39-28-25-35(26-29-39)37-27-32-52-49(33-37)47-22-10-11-23-51(47)54(52)40-30-31-46-44-20-7-6-18-42(44)43-19-8-9-21-45(43)48(46)34-40/h1-34H. The summed E-state index contributed by atoms with van der Waals surface area (Å²) in [5.41, 5.74) is 9.38. The Labute approximate surface area is 313 Å². The Morgan fingerprint density at radius 3 is 1.57 bits per heavy atom. The molecule has 10 aromatic carbocycles. The summed E-state index contributed by atoms with van der Waals surface area (Å²) < 4.78 is 2.43. The summed E-state index contributed by atoms with van der Waals surface area (Å²) in [6.07, 6.45) is 0. The van der Waals surface area contributed by atoms with Crippen LogP contribution in [0.4, 0.5) is 17.1 Å². The molecule has 0 bridgehead atoms. The molecule has 11 aromatic rings. The van der Waals surface area contributed by atoms with E-state index in [0.717, 1.165) is 17.1 Å². The molecule has 54 heavy (non-hydrogen) atoms. The average Bonchev–Trinajstić information content (AvgIpc) is 3.58. The molecule has 0 aliphatic carbocycles. The second-order valence-corrected chi connectivity index (χ2v) is 14.1. The predicted octanol–water partition coefficient (Wildman–Crippen LogP) is 14.5. The van der Waals surface area contributed by atoms with Crippen molar-refractivity contribution in [3.63, 3.8) is 0 Å². The van der Waals surface area contributed by atoms with Gasteiger partial charge in [-0.2, -0.15) is 0 Å². The summed E-state index contributed by atoms with van der Waals surface area (Å²) in [6.45, 7) is 0. The van der Waals surface area contributed by atoms with Crippen LogP contribution in [0.15, 0.2) is 206 Å². The van der Waals surface area contributed by atoms with Crippen LogP contribution in [0, 0.1) is 0 Å². The van der Waals surface area contributed by atoms with Gasteiger partial charge in [0.25, 0.3) is 0 Å². The highest BCUT2D eigenvalue weighted by molar-refractivity contribution is 6.25. The summed E-state index contributed by atoms with van der Waals surface area (Å²) in [4.78, 5) is 2.36. The van der Waals surface area contributed by atoms with Crippen molar-refractivity contribution in [2.75, 3.05) is 4.90 Å². The predicted molar refractivity (Wildman–Crippen MR) is 231 cm³/mol. The van der Waals surface area contributed by atoms with E-state index in [1.54, 1.807) is 0 Å². The van der Waals surface area contributed by atoms with Crippen LogP contribution < -0.4 is 4.90 Å². The van der Waals surface area contributed by atoms with Gasteiger partial charge in [0.1, 0.15) is 0 Å². The van der Waals surface area contributed by atoms with E-state index < -0.39 is 0 Å². The third-order valence-corrected chi connectivity index (χ3v) is 11.1. The van der Waals surface area contributed by atoms with Gasteiger partial charge in [0.2, 0.25) is 0 Å². The maximum Gasteiger partial charge on any atom is 0.0541 e. The van der Waals surface area contributed by atoms with E-state index in [1.165, 1.54) is 81.7 Å². The first kappa shape index (κ1) is 30.5. The maximum absolute atomic E-state index is 2.43. The molecule has 1 aromatic heterocycles. The van der Waals surface area contributed by atoms with Gasteiger partial charge in [-0.3, -0.25) is 0 Å². The highest BCUT2D eigenvalue weighted by Crippen LogP contribution is 2.41. The molecule has 11 rings (SSSR count). The van der Waals surface area contributed by atoms with Crippen molar-refractivity contribution in [2.45, 2.75) is 0 Å². The zero-order chi connectivity index (χ0) is 35.6. The van der Waals surface area contributed by atoms with Gasteiger partial charge in [0.05, 0.1) is 16.7 Å². The van der Waals surface area contributed by atoms with Crippen LogP contribution in [0.1, 0.15) is 0 Å². The van der Waals surface area contributed by atoms with E-state index in [2.05, 4.69) is 216 Å². The zero-order valence-corrected chi connectivity index (χ0v) is 29.5. The third-order valence-electron chi connectivity index (χ3n) is 11.1. The van der Waals surface area contributed by atoms with Crippen LogP contribution in [-0.4, -0.2) is 4.57 Å². The molecular formula is C52H34N2. The summed E-state index contributed by atoms with van der Waals surface area (Å²) in [5, 5.41) is 12.7.